The van der Waals surface area contributed by atoms with Crippen LogP contribution >= 0.6 is 0 Å². The number of hydroxylamine groups is 3. The Morgan fingerprint density at radius 2 is 1.94 bits per heavy atom. The van der Waals surface area contributed by atoms with Gasteiger partial charge in [-0.05, 0) is 31.4 Å². The van der Waals surface area contributed by atoms with E-state index in [2.05, 4.69) is 0 Å². The molecule has 0 radical (unpaired) electrons. The van der Waals surface area contributed by atoms with Crippen LogP contribution in [0.3, 0.4) is 0 Å². The first-order valence-electron chi connectivity index (χ1n) is 6.48. The molecule has 0 atom stereocenters. The molecule has 0 unspecified atom stereocenters. The number of para-hydroxylation sites is 1. The van der Waals surface area contributed by atoms with Gasteiger partial charge in [0, 0.05) is 0 Å². The number of quaternary nitrogens is 1. The summed E-state index contributed by atoms with van der Waals surface area (Å²) in [7, 11) is 0. The molecule has 1 saturated heterocycles. The number of likely N-dealkylation sites (tertiary alicyclic amines) is 1. The minimum atomic E-state index is -0.150. The fraction of sp³-hybridized carbons (Fsp3) is 0.500. The highest BCUT2D eigenvalue weighted by molar-refractivity contribution is 5.79. The maximum absolute atomic E-state index is 12.3. The molecule has 1 aliphatic rings. The molecule has 0 aliphatic carbocycles. The van der Waals surface area contributed by atoms with E-state index in [9.17, 15) is 10.0 Å². The van der Waals surface area contributed by atoms with Crippen molar-refractivity contribution in [3.63, 3.8) is 0 Å². The standard InChI is InChI=1S/C14H19NO3/c16-12-13-6-2-3-7-14(13)18-11-10-15(17)8-4-1-5-9-15/h2-3,6-7,12H,1,4-5,8-11H2. The van der Waals surface area contributed by atoms with Gasteiger partial charge in [-0.15, -0.1) is 0 Å². The monoisotopic (exact) mass is 249 g/mol. The van der Waals surface area contributed by atoms with E-state index >= 15 is 0 Å². The van der Waals surface area contributed by atoms with E-state index < -0.39 is 0 Å². The molecule has 0 aromatic heterocycles. The van der Waals surface area contributed by atoms with Gasteiger partial charge >= 0.3 is 0 Å². The van der Waals surface area contributed by atoms with E-state index in [0.29, 0.717) is 37.6 Å². The highest BCUT2D eigenvalue weighted by Gasteiger charge is 2.20. The normalized spacial score (nSPS) is 18.3. The summed E-state index contributed by atoms with van der Waals surface area (Å²) in [6.45, 7) is 2.22. The lowest BCUT2D eigenvalue weighted by atomic mass is 10.1. The Labute approximate surface area is 107 Å². The second-order valence-electron chi connectivity index (χ2n) is 4.79. The van der Waals surface area contributed by atoms with Gasteiger partial charge in [0.15, 0.2) is 6.29 Å². The van der Waals surface area contributed by atoms with Crippen LogP contribution in [0.5, 0.6) is 5.75 Å². The maximum Gasteiger partial charge on any atom is 0.153 e. The van der Waals surface area contributed by atoms with Crippen LogP contribution in [0.25, 0.3) is 0 Å². The topological polar surface area (TPSA) is 49.4 Å². The molecule has 1 aliphatic heterocycles. The molecule has 0 N–H and O–H groups in total. The Balaban J connectivity index is 1.86. The van der Waals surface area contributed by atoms with Crippen molar-refractivity contribution in [1.29, 1.82) is 0 Å². The van der Waals surface area contributed by atoms with E-state index in [1.54, 1.807) is 18.2 Å². The number of ether oxygens (including phenoxy) is 1. The molecule has 1 heterocycles. The molecule has 0 spiro atoms. The van der Waals surface area contributed by atoms with Crippen LogP contribution in [-0.2, 0) is 0 Å². The lowest BCUT2D eigenvalue weighted by Crippen LogP contribution is -2.48. The number of aldehydes is 1. The molecule has 0 amide bonds. The quantitative estimate of drug-likeness (QED) is 0.457. The summed E-state index contributed by atoms with van der Waals surface area (Å²) in [6.07, 6.45) is 3.96. The summed E-state index contributed by atoms with van der Waals surface area (Å²) < 4.78 is 5.40. The maximum atomic E-state index is 12.3. The Hall–Kier alpha value is -1.39. The highest BCUT2D eigenvalue weighted by Crippen LogP contribution is 2.19. The SMILES string of the molecule is O=Cc1ccccc1OCC[N+]1([O-])CCCCC1. The van der Waals surface area contributed by atoms with Gasteiger partial charge < -0.3 is 14.6 Å². The molecule has 4 heteroatoms. The van der Waals surface area contributed by atoms with Crippen LogP contribution in [0.1, 0.15) is 29.6 Å². The number of hydrogen-bond donors (Lipinski definition) is 0. The van der Waals surface area contributed by atoms with Crippen LogP contribution in [0.15, 0.2) is 24.3 Å². The largest absolute Gasteiger partial charge is 0.633 e. The number of nitrogens with zero attached hydrogens (tertiary/aromatic N) is 1. The number of benzene rings is 1. The number of rotatable bonds is 5. The van der Waals surface area contributed by atoms with Crippen molar-refractivity contribution in [2.45, 2.75) is 19.3 Å². The molecule has 4 nitrogen and oxygen atoms in total. The van der Waals surface area contributed by atoms with E-state index in [1.807, 2.05) is 6.07 Å². The second kappa shape index (κ2) is 5.98. The van der Waals surface area contributed by atoms with Gasteiger partial charge in [0.1, 0.15) is 18.9 Å². The second-order valence-corrected chi connectivity index (χ2v) is 4.79. The summed E-state index contributed by atoms with van der Waals surface area (Å²) in [5.74, 6) is 0.566. The van der Waals surface area contributed by atoms with Crippen LogP contribution in [0.4, 0.5) is 0 Å². The third-order valence-electron chi connectivity index (χ3n) is 3.43. The first-order chi connectivity index (χ1) is 8.73. The number of carbonyl (C=O) groups excluding carboxylic acids is 1. The van der Waals surface area contributed by atoms with Gasteiger partial charge in [-0.3, -0.25) is 4.79 Å². The molecule has 1 fully saturated rings. The molecule has 98 valence electrons. The zero-order valence-electron chi connectivity index (χ0n) is 10.5. The Kier molecular flexibility index (Phi) is 4.33. The number of carbonyl (C=O) groups is 1. The van der Waals surface area contributed by atoms with E-state index in [-0.39, 0.29) is 4.65 Å². The minimum absolute atomic E-state index is 0.150. The van der Waals surface area contributed by atoms with Gasteiger partial charge in [-0.2, -0.15) is 0 Å². The number of piperidine rings is 1. The van der Waals surface area contributed by atoms with Crippen molar-refractivity contribution < 1.29 is 14.2 Å². The highest BCUT2D eigenvalue weighted by atomic mass is 16.6. The van der Waals surface area contributed by atoms with Gasteiger partial charge in [-0.25, -0.2) is 0 Å². The fourth-order valence-corrected chi connectivity index (χ4v) is 2.34. The molecule has 18 heavy (non-hydrogen) atoms. The summed E-state index contributed by atoms with van der Waals surface area (Å²) >= 11 is 0. The smallest absolute Gasteiger partial charge is 0.153 e. The molecular formula is C14H19NO3. The molecule has 0 saturated carbocycles. The van der Waals surface area contributed by atoms with Crippen LogP contribution in [0, 0.1) is 5.21 Å². The average Bonchev–Trinajstić information content (AvgIpc) is 2.40. The zero-order valence-corrected chi connectivity index (χ0v) is 10.5. The first-order valence-corrected chi connectivity index (χ1v) is 6.48. The molecule has 1 aromatic rings. The van der Waals surface area contributed by atoms with Crippen molar-refractivity contribution in [3.8, 4) is 5.75 Å². The van der Waals surface area contributed by atoms with Crippen molar-refractivity contribution in [1.82, 2.24) is 0 Å². The van der Waals surface area contributed by atoms with Crippen LogP contribution in [-0.4, -0.2) is 37.2 Å². The summed E-state index contributed by atoms with van der Waals surface area (Å²) in [5, 5.41) is 12.3. The molecule has 2 rings (SSSR count). The third kappa shape index (κ3) is 3.31. The van der Waals surface area contributed by atoms with Crippen molar-refractivity contribution in [2.24, 2.45) is 0 Å². The van der Waals surface area contributed by atoms with Crippen molar-refractivity contribution >= 4 is 6.29 Å². The van der Waals surface area contributed by atoms with E-state index in [0.717, 1.165) is 25.5 Å². The van der Waals surface area contributed by atoms with Crippen LogP contribution < -0.4 is 4.74 Å². The van der Waals surface area contributed by atoms with Crippen molar-refractivity contribution in [3.05, 3.63) is 35.0 Å². The van der Waals surface area contributed by atoms with Gasteiger partial charge in [-0.1, -0.05) is 12.1 Å². The third-order valence-corrected chi connectivity index (χ3v) is 3.43. The minimum Gasteiger partial charge on any atom is -0.633 e. The lowest BCUT2D eigenvalue weighted by Gasteiger charge is -2.45. The van der Waals surface area contributed by atoms with E-state index in [4.69, 9.17) is 4.74 Å². The van der Waals surface area contributed by atoms with Gasteiger partial charge in [0.05, 0.1) is 18.7 Å². The average molecular weight is 249 g/mol. The molecular weight excluding hydrogens is 230 g/mol. The van der Waals surface area contributed by atoms with E-state index in [1.165, 1.54) is 0 Å². The predicted molar refractivity (Wildman–Crippen MR) is 69.4 cm³/mol. The summed E-state index contributed by atoms with van der Waals surface area (Å²) in [6, 6.07) is 7.09. The Bertz CT molecular complexity index is 400. The Morgan fingerprint density at radius 3 is 2.67 bits per heavy atom. The van der Waals surface area contributed by atoms with Gasteiger partial charge in [0.2, 0.25) is 0 Å². The summed E-state index contributed by atoms with van der Waals surface area (Å²) in [5.41, 5.74) is 0.536. The predicted octanol–water partition coefficient (Wildman–Crippen LogP) is 2.38. The lowest BCUT2D eigenvalue weighted by molar-refractivity contribution is -0.885. The molecule has 0 bridgehead atoms. The zero-order chi connectivity index (χ0) is 12.8. The van der Waals surface area contributed by atoms with Crippen molar-refractivity contribution in [2.75, 3.05) is 26.2 Å². The summed E-state index contributed by atoms with van der Waals surface area (Å²) in [4.78, 5) is 10.8. The van der Waals surface area contributed by atoms with Gasteiger partial charge in [0.25, 0.3) is 0 Å². The van der Waals surface area contributed by atoms with Crippen LogP contribution in [0.2, 0.25) is 0 Å². The Morgan fingerprint density at radius 1 is 1.22 bits per heavy atom. The fourth-order valence-electron chi connectivity index (χ4n) is 2.34. The first kappa shape index (κ1) is 13.1. The number of hydrogen-bond acceptors (Lipinski definition) is 3. The molecule has 1 aromatic carbocycles.